The number of aromatic nitrogens is 2. The molecule has 0 saturated heterocycles. The predicted molar refractivity (Wildman–Crippen MR) is 91.7 cm³/mol. The zero-order chi connectivity index (χ0) is 18.8. The molecule has 0 aliphatic carbocycles. The van der Waals surface area contributed by atoms with Gasteiger partial charge in [0.15, 0.2) is 5.69 Å². The molecule has 0 atom stereocenters. The highest BCUT2D eigenvalue weighted by atomic mass is 16.6. The lowest BCUT2D eigenvalue weighted by Crippen LogP contribution is -2.41. The van der Waals surface area contributed by atoms with Gasteiger partial charge in [-0.3, -0.25) is 9.13 Å². The van der Waals surface area contributed by atoms with Crippen molar-refractivity contribution in [3.63, 3.8) is 0 Å². The third kappa shape index (κ3) is 4.12. The van der Waals surface area contributed by atoms with Crippen molar-refractivity contribution in [1.82, 2.24) is 14.0 Å². The van der Waals surface area contributed by atoms with Crippen molar-refractivity contribution in [3.8, 4) is 0 Å². The molecule has 1 N–H and O–H groups in total. The van der Waals surface area contributed by atoms with Crippen LogP contribution in [0.25, 0.3) is 0 Å². The molecule has 0 bridgehead atoms. The molecule has 1 aromatic heterocycles. The van der Waals surface area contributed by atoms with Gasteiger partial charge in [0.2, 0.25) is 0 Å². The van der Waals surface area contributed by atoms with Crippen LogP contribution in [0.4, 0.5) is 4.79 Å². The quantitative estimate of drug-likeness (QED) is 0.818. The van der Waals surface area contributed by atoms with Gasteiger partial charge in [-0.2, -0.15) is 0 Å². The van der Waals surface area contributed by atoms with Crippen LogP contribution in [0.5, 0.6) is 0 Å². The molecule has 138 valence electrons. The smallest absolute Gasteiger partial charge is 0.410 e. The summed E-state index contributed by atoms with van der Waals surface area (Å²) in [5, 5.41) is 9.48. The highest BCUT2D eigenvalue weighted by Crippen LogP contribution is 2.20. The Balaban J connectivity index is 2.18. The molecule has 0 spiro atoms. The molecule has 2 heterocycles. The zero-order valence-electron chi connectivity index (χ0n) is 14.9. The van der Waals surface area contributed by atoms with Crippen molar-refractivity contribution in [2.24, 2.45) is 5.41 Å². The summed E-state index contributed by atoms with van der Waals surface area (Å²) in [6.07, 6.45) is 1.71. The van der Waals surface area contributed by atoms with Gasteiger partial charge in [0.1, 0.15) is 0 Å². The summed E-state index contributed by atoms with van der Waals surface area (Å²) in [6, 6.07) is 0. The number of amides is 1. The van der Waals surface area contributed by atoms with Gasteiger partial charge in [0, 0.05) is 19.6 Å². The Morgan fingerprint density at radius 2 is 2.00 bits per heavy atom. The number of rotatable bonds is 5. The number of carbonyl (C=O) groups excluding carboxylic acids is 1. The third-order valence-corrected chi connectivity index (χ3v) is 4.12. The van der Waals surface area contributed by atoms with E-state index in [0.717, 1.165) is 6.42 Å². The Morgan fingerprint density at radius 3 is 2.56 bits per heavy atom. The number of hydrogen-bond acceptors (Lipinski definition) is 4. The molecule has 8 heteroatoms. The molecule has 2 rings (SSSR count). The Labute approximate surface area is 146 Å². The lowest BCUT2D eigenvalue weighted by Gasteiger charge is -2.28. The minimum atomic E-state index is -1.20. The van der Waals surface area contributed by atoms with E-state index in [4.69, 9.17) is 4.74 Å². The molecule has 1 aliphatic rings. The Morgan fingerprint density at radius 1 is 1.32 bits per heavy atom. The molecule has 0 saturated carbocycles. The van der Waals surface area contributed by atoms with Crippen LogP contribution in [0.15, 0.2) is 17.4 Å². The number of allylic oxidation sites excluding steroid dienone is 1. The summed E-state index contributed by atoms with van der Waals surface area (Å²) in [4.78, 5) is 37.6. The fraction of sp³-hybridized carbons (Fsp3) is 0.588. The molecular weight excluding hydrogens is 326 g/mol. The SMILES string of the molecule is C=CCn1c(C(=O)O)c2n(c1=O)CCN(C(=O)OCCC(C)(C)C)C2. The van der Waals surface area contributed by atoms with E-state index in [9.17, 15) is 19.5 Å². The van der Waals surface area contributed by atoms with E-state index in [1.807, 2.05) is 0 Å². The Bertz CT molecular complexity index is 739. The van der Waals surface area contributed by atoms with Gasteiger partial charge in [-0.15, -0.1) is 6.58 Å². The number of carbonyl (C=O) groups is 2. The molecule has 1 aliphatic heterocycles. The van der Waals surface area contributed by atoms with E-state index >= 15 is 0 Å². The number of carboxylic acid groups (broad SMARTS) is 1. The monoisotopic (exact) mass is 351 g/mol. The van der Waals surface area contributed by atoms with Crippen molar-refractivity contribution >= 4 is 12.1 Å². The molecular formula is C17H25N3O5. The maximum absolute atomic E-state index is 12.4. The van der Waals surface area contributed by atoms with Crippen LogP contribution >= 0.6 is 0 Å². The first-order chi connectivity index (χ1) is 11.7. The van der Waals surface area contributed by atoms with Gasteiger partial charge in [-0.1, -0.05) is 26.8 Å². The molecule has 0 aromatic carbocycles. The van der Waals surface area contributed by atoms with Crippen LogP contribution in [0.1, 0.15) is 43.4 Å². The van der Waals surface area contributed by atoms with Crippen molar-refractivity contribution in [3.05, 3.63) is 34.5 Å². The van der Waals surface area contributed by atoms with Gasteiger partial charge in [-0.05, 0) is 11.8 Å². The summed E-state index contributed by atoms with van der Waals surface area (Å²) in [5.74, 6) is -1.20. The van der Waals surface area contributed by atoms with Gasteiger partial charge < -0.3 is 14.7 Å². The number of imidazole rings is 1. The molecule has 0 radical (unpaired) electrons. The average Bonchev–Trinajstić information content (AvgIpc) is 2.78. The topological polar surface area (TPSA) is 93.8 Å². The van der Waals surface area contributed by atoms with Crippen LogP contribution < -0.4 is 5.69 Å². The second kappa shape index (κ2) is 7.16. The normalized spacial score (nSPS) is 14.1. The highest BCUT2D eigenvalue weighted by molar-refractivity contribution is 5.87. The van der Waals surface area contributed by atoms with Crippen molar-refractivity contribution in [2.45, 2.75) is 46.8 Å². The van der Waals surface area contributed by atoms with Crippen LogP contribution in [-0.2, 0) is 24.4 Å². The maximum atomic E-state index is 12.4. The first kappa shape index (κ1) is 18.8. The summed E-state index contributed by atoms with van der Waals surface area (Å²) in [7, 11) is 0. The molecule has 0 fully saturated rings. The number of nitrogens with zero attached hydrogens (tertiary/aromatic N) is 3. The van der Waals surface area contributed by atoms with Crippen molar-refractivity contribution in [2.75, 3.05) is 13.2 Å². The van der Waals surface area contributed by atoms with E-state index in [1.165, 1.54) is 20.1 Å². The Hall–Kier alpha value is -2.51. The average molecular weight is 351 g/mol. The van der Waals surface area contributed by atoms with E-state index in [1.54, 1.807) is 0 Å². The summed E-state index contributed by atoms with van der Waals surface area (Å²) >= 11 is 0. The Kier molecular flexibility index (Phi) is 5.39. The fourth-order valence-electron chi connectivity index (χ4n) is 2.74. The molecule has 8 nitrogen and oxygen atoms in total. The van der Waals surface area contributed by atoms with E-state index in [0.29, 0.717) is 18.8 Å². The number of ether oxygens (including phenoxy) is 1. The predicted octanol–water partition coefficient (Wildman–Crippen LogP) is 1.92. The first-order valence-corrected chi connectivity index (χ1v) is 8.24. The van der Waals surface area contributed by atoms with Gasteiger partial charge in [-0.25, -0.2) is 14.4 Å². The van der Waals surface area contributed by atoms with E-state index in [-0.39, 0.29) is 30.7 Å². The van der Waals surface area contributed by atoms with Crippen LogP contribution in [0, 0.1) is 5.41 Å². The number of hydrogen-bond donors (Lipinski definition) is 1. The van der Waals surface area contributed by atoms with Crippen LogP contribution in [-0.4, -0.2) is 44.4 Å². The fourth-order valence-corrected chi connectivity index (χ4v) is 2.74. The maximum Gasteiger partial charge on any atom is 0.410 e. The van der Waals surface area contributed by atoms with Crippen molar-refractivity contribution in [1.29, 1.82) is 0 Å². The molecule has 1 aromatic rings. The summed E-state index contributed by atoms with van der Waals surface area (Å²) < 4.78 is 7.86. The first-order valence-electron chi connectivity index (χ1n) is 8.24. The lowest BCUT2D eigenvalue weighted by atomic mass is 9.93. The standard InChI is InChI=1S/C17H25N3O5/c1-5-7-20-13(14(21)22)12-11-18(8-9-19(12)15(20)23)16(24)25-10-6-17(2,3)4/h5H,1,6-11H2,2-4H3,(H,21,22). The second-order valence-electron chi connectivity index (χ2n) is 7.28. The minimum absolute atomic E-state index is 0.0371. The minimum Gasteiger partial charge on any atom is -0.477 e. The third-order valence-electron chi connectivity index (χ3n) is 4.12. The van der Waals surface area contributed by atoms with Gasteiger partial charge in [0.05, 0.1) is 18.8 Å². The largest absolute Gasteiger partial charge is 0.477 e. The zero-order valence-corrected chi connectivity index (χ0v) is 14.9. The molecule has 25 heavy (non-hydrogen) atoms. The van der Waals surface area contributed by atoms with E-state index < -0.39 is 17.8 Å². The second-order valence-corrected chi connectivity index (χ2v) is 7.28. The molecule has 1 amide bonds. The van der Waals surface area contributed by atoms with Crippen LogP contribution in [0.3, 0.4) is 0 Å². The van der Waals surface area contributed by atoms with E-state index in [2.05, 4.69) is 27.4 Å². The lowest BCUT2D eigenvalue weighted by molar-refractivity contribution is 0.0672. The highest BCUT2D eigenvalue weighted by Gasteiger charge is 2.31. The van der Waals surface area contributed by atoms with Crippen molar-refractivity contribution < 1.29 is 19.4 Å². The number of aromatic carboxylic acids is 1. The molecule has 0 unspecified atom stereocenters. The van der Waals surface area contributed by atoms with Crippen LogP contribution in [0.2, 0.25) is 0 Å². The van der Waals surface area contributed by atoms with Gasteiger partial charge >= 0.3 is 17.8 Å². The summed E-state index contributed by atoms with van der Waals surface area (Å²) in [5.41, 5.74) is -0.121. The number of carboxylic acids is 1. The number of fused-ring (bicyclic) bond motifs is 1. The summed E-state index contributed by atoms with van der Waals surface area (Å²) in [6.45, 7) is 10.7. The van der Waals surface area contributed by atoms with Gasteiger partial charge in [0.25, 0.3) is 0 Å².